The second-order valence-electron chi connectivity index (χ2n) is 7.35. The van der Waals surface area contributed by atoms with E-state index in [9.17, 15) is 4.79 Å². The van der Waals surface area contributed by atoms with Crippen LogP contribution in [0.3, 0.4) is 0 Å². The first-order valence-electron chi connectivity index (χ1n) is 8.57. The second kappa shape index (κ2) is 7.44. The van der Waals surface area contributed by atoms with Crippen molar-refractivity contribution >= 4 is 5.91 Å². The Bertz CT molecular complexity index is 308. The van der Waals surface area contributed by atoms with Crippen LogP contribution < -0.4 is 10.6 Å². The number of carbonyl (C=O) groups excluding carboxylic acids is 1. The lowest BCUT2D eigenvalue weighted by Crippen LogP contribution is -2.43. The Hall–Kier alpha value is -0.570. The topological polar surface area (TPSA) is 41.1 Å². The standard InChI is InChI=1S/C17H32N2O/c1-12(2)15-6-4-14(5-7-15)11-19-17(20)16-8-9-18-13(3)10-16/h12-16,18H,4-11H2,1-3H3,(H,19,20)/t13-,14?,15?,16-/m0/s1. The van der Waals surface area contributed by atoms with Gasteiger partial charge >= 0.3 is 0 Å². The predicted octanol–water partition coefficient (Wildman–Crippen LogP) is 2.95. The van der Waals surface area contributed by atoms with E-state index in [0.29, 0.717) is 17.9 Å². The third-order valence-electron chi connectivity index (χ3n) is 5.39. The molecule has 2 N–H and O–H groups in total. The summed E-state index contributed by atoms with van der Waals surface area (Å²) in [7, 11) is 0. The number of carbonyl (C=O) groups is 1. The minimum absolute atomic E-state index is 0.234. The first-order chi connectivity index (χ1) is 9.56. The Balaban J connectivity index is 1.66. The molecule has 2 atom stereocenters. The lowest BCUT2D eigenvalue weighted by molar-refractivity contribution is -0.126. The normalized spacial score (nSPS) is 35.0. The molecule has 1 aliphatic heterocycles. The average Bonchev–Trinajstić information content (AvgIpc) is 2.45. The number of nitrogens with one attached hydrogen (secondary N) is 2. The number of rotatable bonds is 4. The van der Waals surface area contributed by atoms with Crippen LogP contribution in [0.25, 0.3) is 0 Å². The number of hydrogen-bond acceptors (Lipinski definition) is 2. The molecule has 0 bridgehead atoms. The van der Waals surface area contributed by atoms with Gasteiger partial charge in [-0.2, -0.15) is 0 Å². The van der Waals surface area contributed by atoms with Crippen molar-refractivity contribution in [2.45, 2.75) is 65.3 Å². The van der Waals surface area contributed by atoms with Gasteiger partial charge in [0.25, 0.3) is 0 Å². The maximum Gasteiger partial charge on any atom is 0.223 e. The molecule has 3 heteroatoms. The zero-order chi connectivity index (χ0) is 14.5. The van der Waals surface area contributed by atoms with Gasteiger partial charge in [-0.15, -0.1) is 0 Å². The lowest BCUT2D eigenvalue weighted by Gasteiger charge is -2.32. The molecule has 0 spiro atoms. The van der Waals surface area contributed by atoms with Gasteiger partial charge < -0.3 is 10.6 Å². The summed E-state index contributed by atoms with van der Waals surface area (Å²) >= 11 is 0. The third-order valence-corrected chi connectivity index (χ3v) is 5.39. The molecule has 1 saturated heterocycles. The summed E-state index contributed by atoms with van der Waals surface area (Å²) in [5, 5.41) is 6.63. The fraction of sp³-hybridized carbons (Fsp3) is 0.941. The molecular formula is C17H32N2O. The highest BCUT2D eigenvalue weighted by atomic mass is 16.1. The van der Waals surface area contributed by atoms with Crippen molar-refractivity contribution in [2.75, 3.05) is 13.1 Å². The molecule has 1 heterocycles. The summed E-state index contributed by atoms with van der Waals surface area (Å²) in [6.45, 7) is 8.74. The van der Waals surface area contributed by atoms with E-state index in [0.717, 1.165) is 37.8 Å². The van der Waals surface area contributed by atoms with Crippen molar-refractivity contribution in [3.63, 3.8) is 0 Å². The van der Waals surface area contributed by atoms with Crippen molar-refractivity contribution < 1.29 is 4.79 Å². The van der Waals surface area contributed by atoms with Gasteiger partial charge in [0.05, 0.1) is 0 Å². The fourth-order valence-electron chi connectivity index (χ4n) is 3.82. The highest BCUT2D eigenvalue weighted by Gasteiger charge is 2.27. The van der Waals surface area contributed by atoms with Crippen molar-refractivity contribution in [3.05, 3.63) is 0 Å². The molecule has 0 aromatic heterocycles. The minimum Gasteiger partial charge on any atom is -0.356 e. The largest absolute Gasteiger partial charge is 0.356 e. The van der Waals surface area contributed by atoms with Crippen LogP contribution in [-0.4, -0.2) is 25.0 Å². The lowest BCUT2D eigenvalue weighted by atomic mass is 9.77. The maximum absolute atomic E-state index is 12.2. The van der Waals surface area contributed by atoms with Crippen molar-refractivity contribution in [3.8, 4) is 0 Å². The molecule has 3 nitrogen and oxygen atoms in total. The average molecular weight is 280 g/mol. The van der Waals surface area contributed by atoms with E-state index in [1.54, 1.807) is 0 Å². The van der Waals surface area contributed by atoms with Crippen LogP contribution in [0.5, 0.6) is 0 Å². The Morgan fingerprint density at radius 3 is 2.50 bits per heavy atom. The highest BCUT2D eigenvalue weighted by Crippen LogP contribution is 2.32. The molecule has 2 aliphatic rings. The van der Waals surface area contributed by atoms with Gasteiger partial charge in [0, 0.05) is 18.5 Å². The second-order valence-corrected chi connectivity index (χ2v) is 7.35. The van der Waals surface area contributed by atoms with Gasteiger partial charge in [0.2, 0.25) is 5.91 Å². The van der Waals surface area contributed by atoms with Crippen LogP contribution >= 0.6 is 0 Å². The predicted molar refractivity (Wildman–Crippen MR) is 83.5 cm³/mol. The highest BCUT2D eigenvalue weighted by molar-refractivity contribution is 5.78. The summed E-state index contributed by atoms with van der Waals surface area (Å²) in [6.07, 6.45) is 7.28. The molecule has 0 aromatic rings. The zero-order valence-corrected chi connectivity index (χ0v) is 13.5. The van der Waals surface area contributed by atoms with Gasteiger partial charge in [-0.3, -0.25) is 4.79 Å². The van der Waals surface area contributed by atoms with E-state index in [2.05, 4.69) is 31.4 Å². The molecule has 2 fully saturated rings. The fourth-order valence-corrected chi connectivity index (χ4v) is 3.82. The van der Waals surface area contributed by atoms with Crippen LogP contribution in [0.4, 0.5) is 0 Å². The summed E-state index contributed by atoms with van der Waals surface area (Å²) in [5.41, 5.74) is 0. The minimum atomic E-state index is 0.234. The third kappa shape index (κ3) is 4.47. The smallest absolute Gasteiger partial charge is 0.223 e. The first-order valence-corrected chi connectivity index (χ1v) is 8.57. The van der Waals surface area contributed by atoms with E-state index < -0.39 is 0 Å². The van der Waals surface area contributed by atoms with Gasteiger partial charge in [0.15, 0.2) is 0 Å². The number of amides is 1. The van der Waals surface area contributed by atoms with Crippen molar-refractivity contribution in [2.24, 2.45) is 23.7 Å². The van der Waals surface area contributed by atoms with Crippen LogP contribution in [0, 0.1) is 23.7 Å². The Labute approximate surface area is 124 Å². The molecule has 116 valence electrons. The maximum atomic E-state index is 12.2. The number of piperidine rings is 1. The Morgan fingerprint density at radius 1 is 1.20 bits per heavy atom. The molecule has 0 radical (unpaired) electrons. The van der Waals surface area contributed by atoms with Gasteiger partial charge in [-0.1, -0.05) is 13.8 Å². The summed E-state index contributed by atoms with van der Waals surface area (Å²) in [5.74, 6) is 2.98. The first kappa shape index (κ1) is 15.8. The molecule has 1 aliphatic carbocycles. The van der Waals surface area contributed by atoms with Crippen LogP contribution in [0.1, 0.15) is 59.3 Å². The molecule has 0 aromatic carbocycles. The van der Waals surface area contributed by atoms with E-state index in [4.69, 9.17) is 0 Å². The van der Waals surface area contributed by atoms with Crippen molar-refractivity contribution in [1.29, 1.82) is 0 Å². The summed E-state index contributed by atoms with van der Waals surface area (Å²) in [6, 6.07) is 0.487. The number of hydrogen-bond donors (Lipinski definition) is 2. The van der Waals surface area contributed by atoms with Gasteiger partial charge in [-0.05, 0) is 69.7 Å². The van der Waals surface area contributed by atoms with Crippen molar-refractivity contribution in [1.82, 2.24) is 10.6 Å². The zero-order valence-electron chi connectivity index (χ0n) is 13.5. The van der Waals surface area contributed by atoms with E-state index in [-0.39, 0.29) is 5.92 Å². The monoisotopic (exact) mass is 280 g/mol. The van der Waals surface area contributed by atoms with Crippen LogP contribution in [0.2, 0.25) is 0 Å². The quantitative estimate of drug-likeness (QED) is 0.831. The van der Waals surface area contributed by atoms with E-state index >= 15 is 0 Å². The van der Waals surface area contributed by atoms with Gasteiger partial charge in [0.1, 0.15) is 0 Å². The van der Waals surface area contributed by atoms with E-state index in [1.807, 2.05) is 0 Å². The molecule has 0 unspecified atom stereocenters. The summed E-state index contributed by atoms with van der Waals surface area (Å²) in [4.78, 5) is 12.2. The SMILES string of the molecule is CC(C)C1CCC(CNC(=O)[C@H]2CCN[C@@H](C)C2)CC1. The Kier molecular flexibility index (Phi) is 5.88. The molecule has 1 amide bonds. The van der Waals surface area contributed by atoms with Crippen LogP contribution in [0.15, 0.2) is 0 Å². The molecule has 1 saturated carbocycles. The molecule has 20 heavy (non-hydrogen) atoms. The van der Waals surface area contributed by atoms with Crippen LogP contribution in [-0.2, 0) is 4.79 Å². The molecule has 2 rings (SSSR count). The Morgan fingerprint density at radius 2 is 1.90 bits per heavy atom. The summed E-state index contributed by atoms with van der Waals surface area (Å²) < 4.78 is 0. The molecular weight excluding hydrogens is 248 g/mol. The van der Waals surface area contributed by atoms with Gasteiger partial charge in [-0.25, -0.2) is 0 Å². The van der Waals surface area contributed by atoms with E-state index in [1.165, 1.54) is 25.7 Å².